The van der Waals surface area contributed by atoms with Gasteiger partial charge in [-0.15, -0.1) is 6.58 Å². The molecular weight excluding hydrogens is 320 g/mol. The lowest BCUT2D eigenvalue weighted by Crippen LogP contribution is -2.14. The summed E-state index contributed by atoms with van der Waals surface area (Å²) < 4.78 is 2.53. The van der Waals surface area contributed by atoms with Crippen molar-refractivity contribution in [2.45, 2.75) is 19.9 Å². The number of hydrogen-bond donors (Lipinski definition) is 1. The number of benzene rings is 2. The van der Waals surface area contributed by atoms with Gasteiger partial charge in [-0.1, -0.05) is 47.2 Å². The molecule has 0 spiro atoms. The summed E-state index contributed by atoms with van der Waals surface area (Å²) in [5, 5.41) is 2.89. The van der Waals surface area contributed by atoms with E-state index in [-0.39, 0.29) is 10.8 Å². The maximum Gasteiger partial charge on any atom is 0.308 e. The summed E-state index contributed by atoms with van der Waals surface area (Å²) in [6.45, 7) is 6.17. The molecule has 0 bridgehead atoms. The zero-order valence-corrected chi connectivity index (χ0v) is 14.2. The Morgan fingerprint density at radius 2 is 2.00 bits per heavy atom. The lowest BCUT2D eigenvalue weighted by Gasteiger charge is -2.06. The number of thiazole rings is 1. The van der Waals surface area contributed by atoms with Gasteiger partial charge in [0.1, 0.15) is 0 Å². The fraction of sp³-hybridized carbons (Fsp3) is 0.158. The normalized spacial score (nSPS) is 10.7. The summed E-state index contributed by atoms with van der Waals surface area (Å²) in [6, 6.07) is 13.4. The van der Waals surface area contributed by atoms with Crippen molar-refractivity contribution in [3.8, 4) is 0 Å². The van der Waals surface area contributed by atoms with Gasteiger partial charge >= 0.3 is 4.87 Å². The predicted molar refractivity (Wildman–Crippen MR) is 99.8 cm³/mol. The average molecular weight is 338 g/mol. The Kier molecular flexibility index (Phi) is 4.62. The predicted octanol–water partition coefficient (Wildman–Crippen LogP) is 3.74. The number of aryl methyl sites for hydroxylation is 1. The van der Waals surface area contributed by atoms with E-state index in [4.69, 9.17) is 0 Å². The molecule has 0 atom stereocenters. The van der Waals surface area contributed by atoms with Crippen LogP contribution in [0.2, 0.25) is 0 Å². The Labute approximate surface area is 144 Å². The van der Waals surface area contributed by atoms with E-state index in [9.17, 15) is 9.59 Å². The zero-order valence-electron chi connectivity index (χ0n) is 13.4. The van der Waals surface area contributed by atoms with E-state index < -0.39 is 0 Å². The summed E-state index contributed by atoms with van der Waals surface area (Å²) in [6.07, 6.45) is 2.02. The number of nitrogens with zero attached hydrogens (tertiary/aromatic N) is 1. The highest BCUT2D eigenvalue weighted by atomic mass is 32.1. The standard InChI is InChI=1S/C19H18N2O2S/c1-3-10-21-16-9-8-15(12-17(16)24-19(21)23)20-18(22)11-14-6-4-13(2)5-7-14/h3-9,12H,1,10-11H2,2H3,(H,20,22). The molecule has 1 heterocycles. The molecule has 0 unspecified atom stereocenters. The van der Waals surface area contributed by atoms with Gasteiger partial charge < -0.3 is 5.32 Å². The van der Waals surface area contributed by atoms with Gasteiger partial charge in [-0.25, -0.2) is 0 Å². The van der Waals surface area contributed by atoms with Crippen molar-refractivity contribution in [1.82, 2.24) is 4.57 Å². The fourth-order valence-electron chi connectivity index (χ4n) is 2.54. The third-order valence-electron chi connectivity index (χ3n) is 3.75. The fourth-order valence-corrected chi connectivity index (χ4v) is 3.48. The van der Waals surface area contributed by atoms with Gasteiger partial charge in [-0.2, -0.15) is 0 Å². The Balaban J connectivity index is 1.77. The first-order valence-electron chi connectivity index (χ1n) is 7.66. The maximum atomic E-state index is 12.2. The van der Waals surface area contributed by atoms with Crippen molar-refractivity contribution in [2.75, 3.05) is 5.32 Å². The van der Waals surface area contributed by atoms with Crippen LogP contribution in [0.3, 0.4) is 0 Å². The molecule has 1 amide bonds. The highest BCUT2D eigenvalue weighted by Crippen LogP contribution is 2.22. The summed E-state index contributed by atoms with van der Waals surface area (Å²) in [4.78, 5) is 24.1. The molecule has 0 aliphatic carbocycles. The van der Waals surface area contributed by atoms with Gasteiger partial charge in [0.2, 0.25) is 5.91 Å². The van der Waals surface area contributed by atoms with Gasteiger partial charge in [-0.05, 0) is 30.7 Å². The van der Waals surface area contributed by atoms with E-state index in [0.29, 0.717) is 18.7 Å². The van der Waals surface area contributed by atoms with Crippen molar-refractivity contribution in [2.24, 2.45) is 0 Å². The van der Waals surface area contributed by atoms with Crippen LogP contribution in [0.1, 0.15) is 11.1 Å². The summed E-state index contributed by atoms with van der Waals surface area (Å²) >= 11 is 1.17. The van der Waals surface area contributed by atoms with E-state index in [1.807, 2.05) is 49.4 Å². The van der Waals surface area contributed by atoms with Crippen molar-refractivity contribution in [3.05, 3.63) is 75.9 Å². The Hall–Kier alpha value is -2.66. The smallest absolute Gasteiger partial charge is 0.308 e. The SMILES string of the molecule is C=CCn1c(=O)sc2cc(NC(=O)Cc3ccc(C)cc3)ccc21. The van der Waals surface area contributed by atoms with Crippen molar-refractivity contribution < 1.29 is 4.79 Å². The van der Waals surface area contributed by atoms with Crippen LogP contribution in [0.5, 0.6) is 0 Å². The number of fused-ring (bicyclic) bond motifs is 1. The van der Waals surface area contributed by atoms with E-state index in [1.54, 1.807) is 10.6 Å². The maximum absolute atomic E-state index is 12.2. The van der Waals surface area contributed by atoms with E-state index in [2.05, 4.69) is 11.9 Å². The molecule has 3 aromatic rings. The molecule has 5 heteroatoms. The molecule has 3 rings (SSSR count). The molecule has 0 saturated heterocycles. The van der Waals surface area contributed by atoms with Gasteiger partial charge in [-0.3, -0.25) is 14.2 Å². The molecule has 4 nitrogen and oxygen atoms in total. The third kappa shape index (κ3) is 3.46. The Morgan fingerprint density at radius 3 is 2.71 bits per heavy atom. The molecule has 0 aliphatic rings. The monoisotopic (exact) mass is 338 g/mol. The highest BCUT2D eigenvalue weighted by Gasteiger charge is 2.09. The molecule has 0 fully saturated rings. The first-order valence-corrected chi connectivity index (χ1v) is 8.48. The van der Waals surface area contributed by atoms with Crippen molar-refractivity contribution in [3.63, 3.8) is 0 Å². The lowest BCUT2D eigenvalue weighted by molar-refractivity contribution is -0.115. The van der Waals surface area contributed by atoms with Crippen LogP contribution in [0.25, 0.3) is 10.2 Å². The van der Waals surface area contributed by atoms with Crippen molar-refractivity contribution in [1.29, 1.82) is 0 Å². The van der Waals surface area contributed by atoms with Crippen molar-refractivity contribution >= 4 is 33.1 Å². The summed E-state index contributed by atoms with van der Waals surface area (Å²) in [7, 11) is 0. The minimum absolute atomic E-state index is 0.0203. The van der Waals surface area contributed by atoms with Crippen LogP contribution in [0.15, 0.2) is 59.9 Å². The molecule has 1 aromatic heterocycles. The van der Waals surface area contributed by atoms with Crippen LogP contribution in [-0.4, -0.2) is 10.5 Å². The molecule has 1 N–H and O–H groups in total. The number of amides is 1. The lowest BCUT2D eigenvalue weighted by atomic mass is 10.1. The topological polar surface area (TPSA) is 51.1 Å². The van der Waals surface area contributed by atoms with Gasteiger partial charge in [0.25, 0.3) is 0 Å². The summed E-state index contributed by atoms with van der Waals surface area (Å²) in [5.41, 5.74) is 3.71. The second-order valence-corrected chi connectivity index (χ2v) is 6.65. The molecule has 0 saturated carbocycles. The minimum atomic E-state index is -0.0731. The number of carbonyl (C=O) groups is 1. The molecule has 24 heavy (non-hydrogen) atoms. The van der Waals surface area contributed by atoms with Crippen LogP contribution in [0, 0.1) is 6.92 Å². The average Bonchev–Trinajstić information content (AvgIpc) is 2.85. The van der Waals surface area contributed by atoms with E-state index in [1.165, 1.54) is 16.9 Å². The second-order valence-electron chi connectivity index (χ2n) is 5.66. The van der Waals surface area contributed by atoms with Crippen LogP contribution in [-0.2, 0) is 17.8 Å². The zero-order chi connectivity index (χ0) is 17.1. The number of hydrogen-bond acceptors (Lipinski definition) is 3. The van der Waals surface area contributed by atoms with E-state index in [0.717, 1.165) is 15.8 Å². The van der Waals surface area contributed by atoms with Gasteiger partial charge in [0.05, 0.1) is 16.6 Å². The number of nitrogens with one attached hydrogen (secondary N) is 1. The molecule has 2 aromatic carbocycles. The summed E-state index contributed by atoms with van der Waals surface area (Å²) in [5.74, 6) is -0.0731. The molecule has 122 valence electrons. The number of allylic oxidation sites excluding steroid dienone is 1. The van der Waals surface area contributed by atoms with Crippen LogP contribution >= 0.6 is 11.3 Å². The third-order valence-corrected chi connectivity index (χ3v) is 4.69. The first kappa shape index (κ1) is 16.2. The Morgan fingerprint density at radius 1 is 1.25 bits per heavy atom. The van der Waals surface area contributed by atoms with Gasteiger partial charge in [0.15, 0.2) is 0 Å². The highest BCUT2D eigenvalue weighted by molar-refractivity contribution is 7.16. The van der Waals surface area contributed by atoms with Crippen LogP contribution in [0.4, 0.5) is 5.69 Å². The van der Waals surface area contributed by atoms with Gasteiger partial charge in [0, 0.05) is 12.2 Å². The number of aromatic nitrogens is 1. The molecule has 0 radical (unpaired) electrons. The quantitative estimate of drug-likeness (QED) is 0.721. The van der Waals surface area contributed by atoms with E-state index >= 15 is 0 Å². The second kappa shape index (κ2) is 6.84. The molecule has 0 aliphatic heterocycles. The largest absolute Gasteiger partial charge is 0.326 e. The number of carbonyl (C=O) groups excluding carboxylic acids is 1. The first-order chi connectivity index (χ1) is 11.6. The van der Waals surface area contributed by atoms with Crippen LogP contribution < -0.4 is 10.2 Å². The number of anilines is 1. The minimum Gasteiger partial charge on any atom is -0.326 e. The number of rotatable bonds is 5. The molecular formula is C19H18N2O2S. The Bertz CT molecular complexity index is 952.